The number of thioether (sulfide) groups is 1. The minimum atomic E-state index is -1.09. The average Bonchev–Trinajstić information content (AvgIpc) is 2.85. The second kappa shape index (κ2) is 8.32. The fourth-order valence-electron chi connectivity index (χ4n) is 3.00. The lowest BCUT2D eigenvalue weighted by Crippen LogP contribution is -2.38. The third-order valence-corrected chi connectivity index (χ3v) is 6.02. The number of aliphatic hydroxyl groups excluding tert-OH is 1. The number of nitrogens with two attached hydrogens (primary N) is 1. The van der Waals surface area contributed by atoms with Gasteiger partial charge in [0.25, 0.3) is 0 Å². The fraction of sp³-hybridized carbons (Fsp3) is 0.474. The largest absolute Gasteiger partial charge is 0.386 e. The van der Waals surface area contributed by atoms with Crippen molar-refractivity contribution in [3.63, 3.8) is 0 Å². The number of nitrogens with zero attached hydrogens (tertiary/aromatic N) is 2. The van der Waals surface area contributed by atoms with E-state index in [9.17, 15) is 10.2 Å². The second-order valence-corrected chi connectivity index (χ2v) is 8.77. The van der Waals surface area contributed by atoms with Gasteiger partial charge in [0, 0.05) is 23.2 Å². The molecule has 3 rings (SSSR count). The van der Waals surface area contributed by atoms with Gasteiger partial charge in [-0.15, -0.1) is 0 Å². The Kier molecular flexibility index (Phi) is 6.28. The van der Waals surface area contributed by atoms with E-state index in [1.807, 2.05) is 30.5 Å². The molecule has 1 aromatic carbocycles. The Morgan fingerprint density at radius 1 is 1.33 bits per heavy atom. The standard InChI is InChI=1S/C19H25ClN4O2S/c1-19(2,26)12-4-3-5-14(22-10-12)23-18-15(16(21)25)24-17(27-18)11-6-8-13(20)9-7-11/h6-10,15-16,18,25-26H,3-5,21H2,1-2H3,(H,22,23). The minimum Gasteiger partial charge on any atom is -0.386 e. The van der Waals surface area contributed by atoms with Crippen LogP contribution < -0.4 is 11.1 Å². The van der Waals surface area contributed by atoms with Crippen molar-refractivity contribution in [3.8, 4) is 0 Å². The second-order valence-electron chi connectivity index (χ2n) is 7.23. The van der Waals surface area contributed by atoms with Gasteiger partial charge in [0.15, 0.2) is 0 Å². The first-order valence-electron chi connectivity index (χ1n) is 8.93. The van der Waals surface area contributed by atoms with Gasteiger partial charge in [0.2, 0.25) is 0 Å². The number of aliphatic hydroxyl groups is 2. The molecule has 3 unspecified atom stereocenters. The lowest BCUT2D eigenvalue weighted by atomic mass is 9.95. The van der Waals surface area contributed by atoms with E-state index in [0.29, 0.717) is 5.02 Å². The van der Waals surface area contributed by atoms with Crippen molar-refractivity contribution in [1.82, 2.24) is 5.32 Å². The van der Waals surface area contributed by atoms with Gasteiger partial charge < -0.3 is 21.3 Å². The van der Waals surface area contributed by atoms with Crippen LogP contribution in [0.2, 0.25) is 5.02 Å². The maximum Gasteiger partial charge on any atom is 0.129 e. The lowest BCUT2D eigenvalue weighted by molar-refractivity contribution is 0.115. The summed E-state index contributed by atoms with van der Waals surface area (Å²) in [4.78, 5) is 9.35. The normalized spacial score (nSPS) is 26.2. The molecule has 8 heteroatoms. The number of hydrogen-bond acceptors (Lipinski definition) is 6. The third-order valence-electron chi connectivity index (χ3n) is 4.57. The molecule has 27 heavy (non-hydrogen) atoms. The van der Waals surface area contributed by atoms with Crippen molar-refractivity contribution in [2.45, 2.75) is 56.4 Å². The highest BCUT2D eigenvalue weighted by molar-refractivity contribution is 8.15. The summed E-state index contributed by atoms with van der Waals surface area (Å²) in [5, 5.41) is 24.5. The van der Waals surface area contributed by atoms with Gasteiger partial charge >= 0.3 is 0 Å². The van der Waals surface area contributed by atoms with Crippen LogP contribution in [-0.4, -0.2) is 44.3 Å². The van der Waals surface area contributed by atoms with E-state index in [-0.39, 0.29) is 5.37 Å². The molecule has 0 spiro atoms. The molecule has 146 valence electrons. The molecule has 2 heterocycles. The third kappa shape index (κ3) is 5.12. The molecule has 0 saturated carbocycles. The quantitative estimate of drug-likeness (QED) is 0.573. The number of rotatable bonds is 4. The first-order chi connectivity index (χ1) is 12.7. The molecule has 2 aliphatic heterocycles. The van der Waals surface area contributed by atoms with Crippen LogP contribution in [0.5, 0.6) is 0 Å². The van der Waals surface area contributed by atoms with Gasteiger partial charge in [0.1, 0.15) is 28.5 Å². The maximum atomic E-state index is 10.2. The number of nitrogens with one attached hydrogen (secondary N) is 1. The Hall–Kier alpha value is -1.38. The van der Waals surface area contributed by atoms with Crippen LogP contribution in [-0.2, 0) is 0 Å². The van der Waals surface area contributed by atoms with Crippen molar-refractivity contribution in [1.29, 1.82) is 0 Å². The van der Waals surface area contributed by atoms with Gasteiger partial charge in [-0.05, 0) is 44.4 Å². The van der Waals surface area contributed by atoms with Gasteiger partial charge in [-0.25, -0.2) is 0 Å². The zero-order valence-corrected chi connectivity index (χ0v) is 17.0. The molecule has 0 bridgehead atoms. The molecular formula is C19H25ClN4O2S. The van der Waals surface area contributed by atoms with Crippen molar-refractivity contribution in [3.05, 3.63) is 46.6 Å². The molecule has 0 saturated heterocycles. The molecule has 6 nitrogen and oxygen atoms in total. The summed E-state index contributed by atoms with van der Waals surface area (Å²) in [5.41, 5.74) is 6.76. The molecule has 0 radical (unpaired) electrons. The number of amidine groups is 1. The molecule has 2 aliphatic rings. The van der Waals surface area contributed by atoms with Crippen LogP contribution in [0.4, 0.5) is 0 Å². The SMILES string of the molecule is CC(C)(O)C1=CNC(=NC2SC(c3ccc(Cl)cc3)=NC2C(N)O)CCC1. The monoisotopic (exact) mass is 408 g/mol. The van der Waals surface area contributed by atoms with Gasteiger partial charge in [-0.1, -0.05) is 35.5 Å². The number of benzene rings is 1. The van der Waals surface area contributed by atoms with Crippen LogP contribution in [0.15, 0.2) is 46.0 Å². The number of aliphatic imine (C=N–C) groups is 2. The highest BCUT2D eigenvalue weighted by Gasteiger charge is 2.34. The average molecular weight is 409 g/mol. The van der Waals surface area contributed by atoms with Crippen molar-refractivity contribution >= 4 is 34.2 Å². The molecule has 5 N–H and O–H groups in total. The summed E-state index contributed by atoms with van der Waals surface area (Å²) in [6.45, 7) is 3.56. The van der Waals surface area contributed by atoms with E-state index in [4.69, 9.17) is 22.3 Å². The Morgan fingerprint density at radius 2 is 2.04 bits per heavy atom. The van der Waals surface area contributed by atoms with Crippen LogP contribution in [0, 0.1) is 0 Å². The molecular weight excluding hydrogens is 384 g/mol. The Balaban J connectivity index is 1.79. The first kappa shape index (κ1) is 20.4. The zero-order valence-electron chi connectivity index (χ0n) is 15.4. The van der Waals surface area contributed by atoms with E-state index < -0.39 is 17.9 Å². The first-order valence-corrected chi connectivity index (χ1v) is 10.2. The van der Waals surface area contributed by atoms with Crippen molar-refractivity contribution < 1.29 is 10.2 Å². The van der Waals surface area contributed by atoms with E-state index in [2.05, 4.69) is 10.3 Å². The molecule has 1 aromatic rings. The highest BCUT2D eigenvalue weighted by atomic mass is 35.5. The summed E-state index contributed by atoms with van der Waals surface area (Å²) in [5.74, 6) is 0.810. The Morgan fingerprint density at radius 3 is 2.67 bits per heavy atom. The molecule has 0 aliphatic carbocycles. The van der Waals surface area contributed by atoms with Crippen LogP contribution in [0.1, 0.15) is 38.7 Å². The summed E-state index contributed by atoms with van der Waals surface area (Å²) in [6.07, 6.45) is 3.20. The van der Waals surface area contributed by atoms with E-state index in [1.54, 1.807) is 13.8 Å². The molecule has 0 amide bonds. The Labute approximate surface area is 168 Å². The zero-order chi connectivity index (χ0) is 19.6. The molecule has 0 aromatic heterocycles. The van der Waals surface area contributed by atoms with Gasteiger partial charge in [-0.3, -0.25) is 9.98 Å². The van der Waals surface area contributed by atoms with Gasteiger partial charge in [-0.2, -0.15) is 0 Å². The van der Waals surface area contributed by atoms with Crippen LogP contribution >= 0.6 is 23.4 Å². The molecule has 3 atom stereocenters. The predicted molar refractivity (Wildman–Crippen MR) is 112 cm³/mol. The predicted octanol–water partition coefficient (Wildman–Crippen LogP) is 2.63. The summed E-state index contributed by atoms with van der Waals surface area (Å²) < 4.78 is 0. The fourth-order valence-corrected chi connectivity index (χ4v) is 4.35. The summed E-state index contributed by atoms with van der Waals surface area (Å²) in [7, 11) is 0. The summed E-state index contributed by atoms with van der Waals surface area (Å²) >= 11 is 7.44. The highest BCUT2D eigenvalue weighted by Crippen LogP contribution is 2.33. The summed E-state index contributed by atoms with van der Waals surface area (Å²) in [6, 6.07) is 6.89. The number of halogens is 1. The van der Waals surface area contributed by atoms with Crippen LogP contribution in [0.25, 0.3) is 0 Å². The molecule has 0 fully saturated rings. The van der Waals surface area contributed by atoms with Crippen molar-refractivity contribution in [2.24, 2.45) is 15.7 Å². The minimum absolute atomic E-state index is 0.310. The van der Waals surface area contributed by atoms with Gasteiger partial charge in [0.05, 0.1) is 5.60 Å². The van der Waals surface area contributed by atoms with Crippen LogP contribution in [0.3, 0.4) is 0 Å². The Bertz CT molecular complexity index is 769. The lowest BCUT2D eigenvalue weighted by Gasteiger charge is -2.20. The topological polar surface area (TPSA) is 103 Å². The number of hydrogen-bond donors (Lipinski definition) is 4. The van der Waals surface area contributed by atoms with Crippen molar-refractivity contribution in [2.75, 3.05) is 0 Å². The van der Waals surface area contributed by atoms with E-state index in [1.165, 1.54) is 11.8 Å². The smallest absolute Gasteiger partial charge is 0.129 e. The van der Waals surface area contributed by atoms with E-state index in [0.717, 1.165) is 41.3 Å². The van der Waals surface area contributed by atoms with E-state index >= 15 is 0 Å². The maximum absolute atomic E-state index is 10.2.